The molecule has 0 spiro atoms. The van der Waals surface area contributed by atoms with Crippen molar-refractivity contribution >= 4 is 5.91 Å². The summed E-state index contributed by atoms with van der Waals surface area (Å²) in [6.45, 7) is -6.86. The van der Waals surface area contributed by atoms with E-state index in [1.165, 1.54) is 0 Å². The fourth-order valence-electron chi connectivity index (χ4n) is 2.50. The summed E-state index contributed by atoms with van der Waals surface area (Å²) in [5.74, 6) is -3.07. The monoisotopic (exact) mass is 422 g/mol. The van der Waals surface area contributed by atoms with E-state index in [0.29, 0.717) is 11.8 Å². The number of carbonyl (C=O) groups is 1. The predicted molar refractivity (Wildman–Crippen MR) is 105 cm³/mol. The highest BCUT2D eigenvalue weighted by molar-refractivity contribution is 5.98. The molecule has 4 rings (SSSR count). The lowest BCUT2D eigenvalue weighted by Gasteiger charge is -2.19. The molecule has 0 atom stereocenters. The maximum absolute atomic E-state index is 13.7. The summed E-state index contributed by atoms with van der Waals surface area (Å²) in [4.78, 5) is 21.4. The molecular formula is C22H19F2N3O3. The molecule has 2 aromatic carbocycles. The third-order valence-corrected chi connectivity index (χ3v) is 3.75. The zero-order chi connectivity index (χ0) is 30.8. The second-order valence-electron chi connectivity index (χ2n) is 6.02. The quantitative estimate of drug-likeness (QED) is 0.618. The molecule has 3 aromatic rings. The lowest BCUT2D eigenvalue weighted by Crippen LogP contribution is -2.32. The van der Waals surface area contributed by atoms with Gasteiger partial charge in [0.25, 0.3) is 5.91 Å². The van der Waals surface area contributed by atoms with Gasteiger partial charge in [-0.25, -0.2) is 9.97 Å². The highest BCUT2D eigenvalue weighted by Crippen LogP contribution is 2.31. The molecule has 0 bridgehead atoms. The van der Waals surface area contributed by atoms with Crippen molar-refractivity contribution in [2.45, 2.75) is 19.6 Å². The molecule has 0 fully saturated rings. The van der Waals surface area contributed by atoms with Crippen LogP contribution in [0.4, 0.5) is 8.78 Å². The van der Waals surface area contributed by atoms with Gasteiger partial charge in [-0.3, -0.25) is 4.79 Å². The summed E-state index contributed by atoms with van der Waals surface area (Å²) >= 11 is 0. The van der Waals surface area contributed by atoms with Crippen molar-refractivity contribution in [3.63, 3.8) is 0 Å². The minimum Gasteiger partial charge on any atom is -0.491 e. The number of hydrogen-bond donors (Lipinski definition) is 0. The van der Waals surface area contributed by atoms with E-state index in [0.717, 1.165) is 18.2 Å². The Morgan fingerprint density at radius 2 is 1.97 bits per heavy atom. The molecule has 154 valence electrons. The number of carbonyl (C=O) groups excluding carboxylic acids is 1. The van der Waals surface area contributed by atoms with Gasteiger partial charge in [0.2, 0.25) is 0 Å². The Balaban J connectivity index is 1.87. The Kier molecular flexibility index (Phi) is 2.81. The van der Waals surface area contributed by atoms with Crippen molar-refractivity contribution in [1.29, 1.82) is 0 Å². The van der Waals surface area contributed by atoms with Crippen molar-refractivity contribution < 1.29 is 38.1 Å². The molecule has 1 amide bonds. The first kappa shape index (κ1) is 10.5. The number of aromatic nitrogens is 2. The Labute approximate surface area is 187 Å². The van der Waals surface area contributed by atoms with E-state index in [9.17, 15) is 13.6 Å². The Morgan fingerprint density at radius 1 is 1.23 bits per heavy atom. The van der Waals surface area contributed by atoms with E-state index >= 15 is 0 Å². The van der Waals surface area contributed by atoms with E-state index in [-0.39, 0.29) is 5.56 Å². The van der Waals surface area contributed by atoms with Crippen molar-refractivity contribution in [1.82, 2.24) is 14.9 Å². The van der Waals surface area contributed by atoms with E-state index in [1.807, 2.05) is 0 Å². The van der Waals surface area contributed by atoms with Gasteiger partial charge in [0, 0.05) is 19.3 Å². The Hall–Kier alpha value is -3.55. The molecular weight excluding hydrogens is 392 g/mol. The number of ether oxygens (including phenoxy) is 2. The third kappa shape index (κ3) is 4.53. The van der Waals surface area contributed by atoms with Crippen LogP contribution in [-0.2, 0) is 6.54 Å². The van der Waals surface area contributed by atoms with Gasteiger partial charge in [-0.05, 0) is 41.4 Å². The summed E-state index contributed by atoms with van der Waals surface area (Å²) in [5.41, 5.74) is -1.04. The normalized spacial score (nSPS) is 22.6. The molecule has 8 heteroatoms. The zero-order valence-electron chi connectivity index (χ0n) is 26.3. The van der Waals surface area contributed by atoms with Crippen LogP contribution in [0.25, 0.3) is 11.1 Å². The summed E-state index contributed by atoms with van der Waals surface area (Å²) in [7, 11) is 0. The molecule has 0 radical (unpaired) electrons. The molecule has 30 heavy (non-hydrogen) atoms. The topological polar surface area (TPSA) is 64.6 Å². The first-order chi connectivity index (χ1) is 18.8. The van der Waals surface area contributed by atoms with Crippen LogP contribution in [0.3, 0.4) is 0 Å². The van der Waals surface area contributed by atoms with Crippen LogP contribution in [0.2, 0.25) is 0 Å². The van der Waals surface area contributed by atoms with E-state index in [2.05, 4.69) is 14.7 Å². The molecule has 1 aliphatic heterocycles. The first-order valence-corrected chi connectivity index (χ1v) is 8.40. The van der Waals surface area contributed by atoms with Crippen molar-refractivity contribution in [3.8, 4) is 22.6 Å². The summed E-state index contributed by atoms with van der Waals surface area (Å²) in [6, 6.07) is -0.849. The van der Waals surface area contributed by atoms with E-state index in [4.69, 9.17) is 19.8 Å². The van der Waals surface area contributed by atoms with Crippen LogP contribution >= 0.6 is 0 Å². The predicted octanol–water partition coefficient (Wildman–Crippen LogP) is 4.17. The fraction of sp³-hybridized carbons (Fsp3) is 0.227. The van der Waals surface area contributed by atoms with Crippen LogP contribution in [-0.4, -0.2) is 39.9 Å². The van der Waals surface area contributed by atoms with Gasteiger partial charge in [0.1, 0.15) is 23.9 Å². The average molecular weight is 422 g/mol. The third-order valence-electron chi connectivity index (χ3n) is 3.75. The highest BCUT2D eigenvalue weighted by atomic mass is 19.3. The average Bonchev–Trinajstić information content (AvgIpc) is 2.91. The number of alkyl halides is 2. The van der Waals surface area contributed by atoms with Gasteiger partial charge in [-0.15, -0.1) is 0 Å². The van der Waals surface area contributed by atoms with Crippen LogP contribution < -0.4 is 9.47 Å². The van der Waals surface area contributed by atoms with Crippen LogP contribution in [0.5, 0.6) is 11.5 Å². The minimum atomic E-state index is -3.81. The van der Waals surface area contributed by atoms with Crippen molar-refractivity contribution in [2.75, 3.05) is 13.1 Å². The lowest BCUT2D eigenvalue weighted by atomic mass is 10.0. The maximum Gasteiger partial charge on any atom is 0.394 e. The molecule has 0 saturated heterocycles. The van der Waals surface area contributed by atoms with E-state index < -0.39 is 103 Å². The molecule has 1 aliphatic rings. The van der Waals surface area contributed by atoms with E-state index in [1.54, 1.807) is 0 Å². The zero-order valence-corrected chi connectivity index (χ0v) is 15.3. The molecule has 2 heterocycles. The van der Waals surface area contributed by atoms with Crippen LogP contribution in [0.1, 0.15) is 38.2 Å². The van der Waals surface area contributed by atoms with Gasteiger partial charge >= 0.3 is 6.11 Å². The van der Waals surface area contributed by atoms with Crippen molar-refractivity contribution in [2.24, 2.45) is 0 Å². The number of rotatable bonds is 5. The SMILES string of the molecule is [2H]c1nc(CN2C(=O)c3cc(-c4c([2H])c([2H])c(OC(C)(F)F)c([2H])c4[2H])ccc3OC([2H])([2H])C2([2H])[2H])nc([2H])c1[2H]. The number of fused-ring (bicyclic) bond motifs is 1. The second kappa shape index (κ2) is 8.06. The largest absolute Gasteiger partial charge is 0.491 e. The van der Waals surface area contributed by atoms with Gasteiger partial charge in [-0.1, -0.05) is 18.2 Å². The Bertz CT molecular complexity index is 1530. The molecule has 1 aromatic heterocycles. The molecule has 0 unspecified atom stereocenters. The summed E-state index contributed by atoms with van der Waals surface area (Å²) in [5, 5.41) is 0. The number of halogens is 2. The fourth-order valence-corrected chi connectivity index (χ4v) is 2.50. The second-order valence-corrected chi connectivity index (χ2v) is 6.02. The molecule has 0 aliphatic carbocycles. The van der Waals surface area contributed by atoms with Gasteiger partial charge < -0.3 is 14.4 Å². The lowest BCUT2D eigenvalue weighted by molar-refractivity contribution is -0.158. The van der Waals surface area contributed by atoms with Crippen LogP contribution in [0, 0.1) is 0 Å². The standard InChI is InChI=1S/C22H19F2N3O3/c1-22(23,24)30-17-6-3-15(4-7-17)16-5-8-19-18(13-16)21(28)27(11-12-29-19)14-20-25-9-2-10-26-20/h2-10,13H,11-12,14H2,1H3/i2D,3D,4D,6D,7D,9D,10D,11D2,12D2. The van der Waals surface area contributed by atoms with Crippen molar-refractivity contribution in [3.05, 3.63) is 72.1 Å². The minimum absolute atomic E-state index is 0.146. The number of amides is 1. The Morgan fingerprint density at radius 3 is 2.67 bits per heavy atom. The summed E-state index contributed by atoms with van der Waals surface area (Å²) < 4.78 is 125. The van der Waals surface area contributed by atoms with Gasteiger partial charge in [0.05, 0.1) is 33.7 Å². The smallest absolute Gasteiger partial charge is 0.394 e. The number of hydrogen-bond acceptors (Lipinski definition) is 5. The number of benzene rings is 2. The first-order valence-electron chi connectivity index (χ1n) is 13.9. The van der Waals surface area contributed by atoms with Gasteiger partial charge in [-0.2, -0.15) is 8.78 Å². The highest BCUT2D eigenvalue weighted by Gasteiger charge is 2.25. The van der Waals surface area contributed by atoms with Crippen LogP contribution in [0.15, 0.2) is 60.8 Å². The molecule has 0 saturated carbocycles. The number of nitrogens with zero attached hydrogens (tertiary/aromatic N) is 3. The maximum atomic E-state index is 13.7. The molecule has 0 N–H and O–H groups in total. The summed E-state index contributed by atoms with van der Waals surface area (Å²) in [6.07, 6.45) is -5.17. The molecule has 6 nitrogen and oxygen atoms in total. The van der Waals surface area contributed by atoms with Gasteiger partial charge in [0.15, 0.2) is 0 Å².